The number of unbranched alkanes of at least 4 members (excludes halogenated alkanes) is 1. The molecule has 0 saturated carbocycles. The van der Waals surface area contributed by atoms with Crippen LogP contribution in [0.25, 0.3) is 11.3 Å². The molecule has 0 radical (unpaired) electrons. The van der Waals surface area contributed by atoms with Crippen molar-refractivity contribution in [2.45, 2.75) is 39.3 Å². The van der Waals surface area contributed by atoms with E-state index in [1.807, 2.05) is 30.3 Å². The number of halogens is 1. The standard InChI is InChI=1S/C23H29FN4O/c1-2-3-15-29-16-7-14-25-17-22-23(20-8-5-4-6-9-20)27-28(26-22)18-19-10-12-21(24)13-11-19/h4-6,8-13,25H,2-3,7,14-18H2,1H3. The minimum Gasteiger partial charge on any atom is -0.381 e. The monoisotopic (exact) mass is 396 g/mol. The summed E-state index contributed by atoms with van der Waals surface area (Å²) in [5, 5.41) is 12.8. The first kappa shape index (κ1) is 21.1. The first-order valence-electron chi connectivity index (χ1n) is 10.3. The molecule has 3 aromatic rings. The summed E-state index contributed by atoms with van der Waals surface area (Å²) < 4.78 is 18.7. The molecule has 5 nitrogen and oxygen atoms in total. The third-order valence-corrected chi connectivity index (χ3v) is 4.59. The van der Waals surface area contributed by atoms with Crippen LogP contribution in [0.4, 0.5) is 4.39 Å². The molecular weight excluding hydrogens is 367 g/mol. The van der Waals surface area contributed by atoms with Crippen LogP contribution in [0.3, 0.4) is 0 Å². The highest BCUT2D eigenvalue weighted by atomic mass is 19.1. The molecule has 0 unspecified atom stereocenters. The van der Waals surface area contributed by atoms with Gasteiger partial charge in [-0.3, -0.25) is 0 Å². The van der Waals surface area contributed by atoms with E-state index < -0.39 is 0 Å². The van der Waals surface area contributed by atoms with Crippen molar-refractivity contribution >= 4 is 0 Å². The average molecular weight is 397 g/mol. The van der Waals surface area contributed by atoms with Gasteiger partial charge in [-0.15, -0.1) is 0 Å². The van der Waals surface area contributed by atoms with Gasteiger partial charge in [0.1, 0.15) is 17.2 Å². The molecule has 0 aliphatic heterocycles. The molecule has 2 aromatic carbocycles. The molecule has 154 valence electrons. The third kappa shape index (κ3) is 6.76. The quantitative estimate of drug-likeness (QED) is 0.460. The van der Waals surface area contributed by atoms with Gasteiger partial charge in [-0.2, -0.15) is 15.0 Å². The van der Waals surface area contributed by atoms with Crippen molar-refractivity contribution in [3.8, 4) is 11.3 Å². The molecule has 0 aliphatic carbocycles. The molecule has 0 aliphatic rings. The molecule has 0 spiro atoms. The van der Waals surface area contributed by atoms with Crippen LogP contribution >= 0.6 is 0 Å². The van der Waals surface area contributed by atoms with Crippen molar-refractivity contribution < 1.29 is 9.13 Å². The zero-order valence-corrected chi connectivity index (χ0v) is 17.0. The zero-order chi connectivity index (χ0) is 20.3. The molecule has 1 heterocycles. The topological polar surface area (TPSA) is 52.0 Å². The van der Waals surface area contributed by atoms with E-state index in [0.29, 0.717) is 13.1 Å². The number of hydrogen-bond acceptors (Lipinski definition) is 4. The summed E-state index contributed by atoms with van der Waals surface area (Å²) in [7, 11) is 0. The lowest BCUT2D eigenvalue weighted by atomic mass is 10.1. The minimum absolute atomic E-state index is 0.240. The fourth-order valence-electron chi connectivity index (χ4n) is 3.00. The van der Waals surface area contributed by atoms with Crippen molar-refractivity contribution in [3.05, 3.63) is 71.7 Å². The van der Waals surface area contributed by atoms with Gasteiger partial charge < -0.3 is 10.1 Å². The lowest BCUT2D eigenvalue weighted by Crippen LogP contribution is -2.17. The third-order valence-electron chi connectivity index (χ3n) is 4.59. The van der Waals surface area contributed by atoms with Gasteiger partial charge in [0, 0.05) is 25.3 Å². The number of hydrogen-bond donors (Lipinski definition) is 1. The number of nitrogens with one attached hydrogen (secondary N) is 1. The Hall–Kier alpha value is -2.57. The highest BCUT2D eigenvalue weighted by molar-refractivity contribution is 5.60. The first-order chi connectivity index (χ1) is 14.3. The Morgan fingerprint density at radius 1 is 0.966 bits per heavy atom. The second kappa shape index (κ2) is 11.4. The molecule has 0 fully saturated rings. The number of rotatable bonds is 12. The van der Waals surface area contributed by atoms with Crippen molar-refractivity contribution in [3.63, 3.8) is 0 Å². The number of nitrogens with zero attached hydrogens (tertiary/aromatic N) is 3. The summed E-state index contributed by atoms with van der Waals surface area (Å²) in [4.78, 5) is 1.68. The van der Waals surface area contributed by atoms with E-state index in [1.54, 1.807) is 16.9 Å². The molecule has 1 aromatic heterocycles. The summed E-state index contributed by atoms with van der Waals surface area (Å²) in [6, 6.07) is 16.5. The van der Waals surface area contributed by atoms with Gasteiger partial charge in [-0.05, 0) is 37.1 Å². The number of benzene rings is 2. The molecule has 6 heteroatoms. The smallest absolute Gasteiger partial charge is 0.123 e. The minimum atomic E-state index is -0.240. The summed E-state index contributed by atoms with van der Waals surface area (Å²) in [6.07, 6.45) is 3.24. The fraction of sp³-hybridized carbons (Fsp3) is 0.391. The maximum absolute atomic E-state index is 13.1. The molecule has 0 atom stereocenters. The van der Waals surface area contributed by atoms with Crippen LogP contribution in [0, 0.1) is 5.82 Å². The summed E-state index contributed by atoms with van der Waals surface area (Å²) in [6.45, 7) is 5.79. The Labute approximate surface area is 171 Å². The van der Waals surface area contributed by atoms with Gasteiger partial charge in [-0.1, -0.05) is 55.8 Å². The maximum atomic E-state index is 13.1. The van der Waals surface area contributed by atoms with Gasteiger partial charge >= 0.3 is 0 Å². The zero-order valence-electron chi connectivity index (χ0n) is 17.0. The van der Waals surface area contributed by atoms with Crippen LogP contribution in [0.5, 0.6) is 0 Å². The van der Waals surface area contributed by atoms with Gasteiger partial charge in [0.15, 0.2) is 0 Å². The molecular formula is C23H29FN4O. The van der Waals surface area contributed by atoms with E-state index in [0.717, 1.165) is 61.5 Å². The van der Waals surface area contributed by atoms with Gasteiger partial charge in [0.05, 0.1) is 6.54 Å². The van der Waals surface area contributed by atoms with Crippen molar-refractivity contribution in [2.75, 3.05) is 19.8 Å². The van der Waals surface area contributed by atoms with E-state index in [9.17, 15) is 4.39 Å². The highest BCUT2D eigenvalue weighted by Crippen LogP contribution is 2.20. The Kier molecular flexibility index (Phi) is 8.34. The normalized spacial score (nSPS) is 11.1. The van der Waals surface area contributed by atoms with E-state index in [2.05, 4.69) is 17.3 Å². The van der Waals surface area contributed by atoms with Gasteiger partial charge in [0.25, 0.3) is 0 Å². The van der Waals surface area contributed by atoms with Crippen molar-refractivity contribution in [2.24, 2.45) is 0 Å². The van der Waals surface area contributed by atoms with E-state index in [4.69, 9.17) is 9.84 Å². The van der Waals surface area contributed by atoms with E-state index in [1.165, 1.54) is 12.1 Å². The second-order valence-corrected chi connectivity index (χ2v) is 7.01. The lowest BCUT2D eigenvalue weighted by Gasteiger charge is -2.05. The van der Waals surface area contributed by atoms with Gasteiger partial charge in [-0.25, -0.2) is 4.39 Å². The predicted molar refractivity (Wildman–Crippen MR) is 113 cm³/mol. The fourth-order valence-corrected chi connectivity index (χ4v) is 3.00. The second-order valence-electron chi connectivity index (χ2n) is 7.01. The van der Waals surface area contributed by atoms with E-state index >= 15 is 0 Å². The maximum Gasteiger partial charge on any atom is 0.123 e. The Morgan fingerprint density at radius 3 is 2.48 bits per heavy atom. The lowest BCUT2D eigenvalue weighted by molar-refractivity contribution is 0.128. The van der Waals surface area contributed by atoms with E-state index in [-0.39, 0.29) is 5.82 Å². The Balaban J connectivity index is 1.61. The largest absolute Gasteiger partial charge is 0.381 e. The molecule has 1 N–H and O–H groups in total. The van der Waals surface area contributed by atoms with Crippen LogP contribution in [0.2, 0.25) is 0 Å². The summed E-state index contributed by atoms with van der Waals surface area (Å²) in [5.41, 5.74) is 3.78. The highest BCUT2D eigenvalue weighted by Gasteiger charge is 2.13. The SMILES string of the molecule is CCCCOCCCNCc1nn(Cc2ccc(F)cc2)nc1-c1ccccc1. The number of ether oxygens (including phenoxy) is 1. The first-order valence-corrected chi connectivity index (χ1v) is 10.3. The van der Waals surface area contributed by atoms with Crippen LogP contribution < -0.4 is 5.32 Å². The number of aromatic nitrogens is 3. The van der Waals surface area contributed by atoms with Crippen LogP contribution in [0.15, 0.2) is 54.6 Å². The Bertz CT molecular complexity index is 849. The van der Waals surface area contributed by atoms with Crippen LogP contribution in [0.1, 0.15) is 37.4 Å². The molecule has 0 bridgehead atoms. The van der Waals surface area contributed by atoms with Crippen LogP contribution in [-0.4, -0.2) is 34.8 Å². The predicted octanol–water partition coefficient (Wildman–Crippen LogP) is 4.43. The molecule has 0 saturated heterocycles. The molecule has 0 amide bonds. The molecule has 3 rings (SSSR count). The summed E-state index contributed by atoms with van der Waals surface area (Å²) in [5.74, 6) is -0.240. The van der Waals surface area contributed by atoms with Crippen molar-refractivity contribution in [1.82, 2.24) is 20.3 Å². The van der Waals surface area contributed by atoms with Crippen LogP contribution in [-0.2, 0) is 17.8 Å². The average Bonchev–Trinajstić information content (AvgIpc) is 3.15. The summed E-state index contributed by atoms with van der Waals surface area (Å²) >= 11 is 0. The Morgan fingerprint density at radius 2 is 1.72 bits per heavy atom. The molecule has 29 heavy (non-hydrogen) atoms. The van der Waals surface area contributed by atoms with Crippen molar-refractivity contribution in [1.29, 1.82) is 0 Å². The van der Waals surface area contributed by atoms with Gasteiger partial charge in [0.2, 0.25) is 0 Å².